The zero-order chi connectivity index (χ0) is 17.7. The van der Waals surface area contributed by atoms with Gasteiger partial charge in [0.25, 0.3) is 5.69 Å². The molecule has 0 radical (unpaired) electrons. The van der Waals surface area contributed by atoms with Gasteiger partial charge in [-0.3, -0.25) is 14.9 Å². The summed E-state index contributed by atoms with van der Waals surface area (Å²) in [4.78, 5) is 22.1. The topological polar surface area (TPSA) is 108 Å². The van der Waals surface area contributed by atoms with Crippen LogP contribution >= 0.6 is 23.2 Å². The molecule has 0 aromatic heterocycles. The Morgan fingerprint density at radius 3 is 2.50 bits per heavy atom. The van der Waals surface area contributed by atoms with Gasteiger partial charge in [-0.05, 0) is 30.3 Å². The molecule has 24 heavy (non-hydrogen) atoms. The molecule has 0 bridgehead atoms. The number of anilines is 2. The lowest BCUT2D eigenvalue weighted by atomic mass is 10.2. The number of nitro groups is 1. The van der Waals surface area contributed by atoms with E-state index in [1.807, 2.05) is 6.07 Å². The monoisotopic (exact) mass is 364 g/mol. The van der Waals surface area contributed by atoms with Gasteiger partial charge >= 0.3 is 0 Å². The van der Waals surface area contributed by atoms with E-state index in [-0.39, 0.29) is 28.2 Å². The molecule has 2 aromatic rings. The number of hydrogen-bond acceptors (Lipinski definition) is 5. The van der Waals surface area contributed by atoms with E-state index < -0.39 is 4.92 Å². The van der Waals surface area contributed by atoms with Gasteiger partial charge in [0.05, 0.1) is 22.1 Å². The molecule has 0 saturated carbocycles. The van der Waals surface area contributed by atoms with Gasteiger partial charge in [0, 0.05) is 17.4 Å². The average Bonchev–Trinajstić information content (AvgIpc) is 2.54. The molecule has 2 N–H and O–H groups in total. The van der Waals surface area contributed by atoms with Gasteiger partial charge in [-0.25, -0.2) is 0 Å². The summed E-state index contributed by atoms with van der Waals surface area (Å²) < 4.78 is 0. The zero-order valence-electron chi connectivity index (χ0n) is 12.0. The van der Waals surface area contributed by atoms with Gasteiger partial charge in [0.1, 0.15) is 11.1 Å². The second kappa shape index (κ2) is 7.64. The number of hydrogen-bond donors (Lipinski definition) is 2. The van der Waals surface area contributed by atoms with Gasteiger partial charge in [-0.15, -0.1) is 0 Å². The fourth-order valence-electron chi connectivity index (χ4n) is 1.83. The molecule has 0 aliphatic carbocycles. The van der Waals surface area contributed by atoms with E-state index in [2.05, 4.69) is 10.6 Å². The predicted molar refractivity (Wildman–Crippen MR) is 91.4 cm³/mol. The van der Waals surface area contributed by atoms with Gasteiger partial charge in [0.2, 0.25) is 5.91 Å². The lowest BCUT2D eigenvalue weighted by Crippen LogP contribution is -2.21. The van der Waals surface area contributed by atoms with Gasteiger partial charge in [-0.2, -0.15) is 5.26 Å². The minimum Gasteiger partial charge on any atom is -0.376 e. The molecule has 122 valence electrons. The molecule has 0 atom stereocenters. The number of nitrogens with one attached hydrogen (secondary N) is 2. The normalized spacial score (nSPS) is 9.88. The van der Waals surface area contributed by atoms with Crippen LogP contribution in [0.15, 0.2) is 36.4 Å². The molecular weight excluding hydrogens is 355 g/mol. The number of amides is 1. The van der Waals surface area contributed by atoms with Crippen molar-refractivity contribution in [3.8, 4) is 6.07 Å². The highest BCUT2D eigenvalue weighted by molar-refractivity contribution is 6.32. The minimum atomic E-state index is -0.605. The smallest absolute Gasteiger partial charge is 0.289 e. The van der Waals surface area contributed by atoms with Gasteiger partial charge in [-0.1, -0.05) is 23.2 Å². The van der Waals surface area contributed by atoms with E-state index >= 15 is 0 Å². The van der Waals surface area contributed by atoms with Crippen molar-refractivity contribution in [2.45, 2.75) is 0 Å². The Kier molecular flexibility index (Phi) is 5.58. The molecule has 0 aliphatic heterocycles. The Bertz CT molecular complexity index is 849. The number of nitro benzene ring substituents is 1. The standard InChI is InChI=1S/C15H10Cl2N4O3/c16-12-4-3-10(6-14(12)21(23)24)19-8-15(22)20-11-2-1-9(7-18)13(17)5-11/h1-6,19H,8H2,(H,20,22). The summed E-state index contributed by atoms with van der Waals surface area (Å²) in [5.74, 6) is -0.381. The van der Waals surface area contributed by atoms with Crippen LogP contribution < -0.4 is 10.6 Å². The number of nitriles is 1. The highest BCUT2D eigenvalue weighted by Gasteiger charge is 2.13. The minimum absolute atomic E-state index is 0.0159. The average molecular weight is 365 g/mol. The summed E-state index contributed by atoms with van der Waals surface area (Å²) in [7, 11) is 0. The van der Waals surface area contributed by atoms with Crippen molar-refractivity contribution in [3.05, 3.63) is 62.1 Å². The lowest BCUT2D eigenvalue weighted by Gasteiger charge is -2.09. The number of carbonyl (C=O) groups excluding carboxylic acids is 1. The summed E-state index contributed by atoms with van der Waals surface area (Å²) in [6, 6.07) is 10.6. The second-order valence-electron chi connectivity index (χ2n) is 4.63. The number of benzene rings is 2. The Balaban J connectivity index is 1.99. The van der Waals surface area contributed by atoms with E-state index in [1.165, 1.54) is 30.3 Å². The van der Waals surface area contributed by atoms with Crippen LogP contribution in [0, 0.1) is 21.4 Å². The van der Waals surface area contributed by atoms with Crippen molar-refractivity contribution in [1.82, 2.24) is 0 Å². The maximum absolute atomic E-state index is 11.9. The molecule has 0 fully saturated rings. The van der Waals surface area contributed by atoms with Crippen LogP contribution in [-0.2, 0) is 4.79 Å². The first-order chi connectivity index (χ1) is 11.4. The predicted octanol–water partition coefficient (Wildman–Crippen LogP) is 3.82. The number of nitrogens with zero attached hydrogens (tertiary/aromatic N) is 2. The van der Waals surface area contributed by atoms with Crippen molar-refractivity contribution in [3.63, 3.8) is 0 Å². The molecule has 0 aliphatic rings. The third-order valence-electron chi connectivity index (χ3n) is 2.97. The Labute approximate surface area is 146 Å². The van der Waals surface area contributed by atoms with Gasteiger partial charge < -0.3 is 10.6 Å². The summed E-state index contributed by atoms with van der Waals surface area (Å²) in [6.07, 6.45) is 0. The first-order valence-corrected chi connectivity index (χ1v) is 7.33. The second-order valence-corrected chi connectivity index (χ2v) is 5.45. The highest BCUT2D eigenvalue weighted by Crippen LogP contribution is 2.27. The maximum atomic E-state index is 11.9. The summed E-state index contributed by atoms with van der Waals surface area (Å²) in [5.41, 5.74) is 0.884. The van der Waals surface area contributed by atoms with Crippen LogP contribution in [0.3, 0.4) is 0 Å². The summed E-state index contributed by atoms with van der Waals surface area (Å²) in [6.45, 7) is -0.115. The molecule has 2 aromatic carbocycles. The van der Waals surface area contributed by atoms with Crippen LogP contribution in [0.5, 0.6) is 0 Å². The van der Waals surface area contributed by atoms with Gasteiger partial charge in [0.15, 0.2) is 0 Å². The van der Waals surface area contributed by atoms with Crippen LogP contribution in [0.25, 0.3) is 0 Å². The number of carbonyl (C=O) groups is 1. The van der Waals surface area contributed by atoms with Crippen LogP contribution in [0.2, 0.25) is 10.0 Å². The first kappa shape index (κ1) is 17.5. The van der Waals surface area contributed by atoms with E-state index in [9.17, 15) is 14.9 Å². The molecule has 0 unspecified atom stereocenters. The number of halogens is 2. The van der Waals surface area contributed by atoms with Crippen molar-refractivity contribution < 1.29 is 9.72 Å². The molecule has 0 heterocycles. The SMILES string of the molecule is N#Cc1ccc(NC(=O)CNc2ccc(Cl)c([N+](=O)[O-])c2)cc1Cl. The van der Waals surface area contributed by atoms with E-state index in [0.717, 1.165) is 0 Å². The molecular formula is C15H10Cl2N4O3. The zero-order valence-corrected chi connectivity index (χ0v) is 13.6. The third kappa shape index (κ3) is 4.35. The number of rotatable bonds is 5. The van der Waals surface area contributed by atoms with Crippen LogP contribution in [-0.4, -0.2) is 17.4 Å². The summed E-state index contributed by atoms with van der Waals surface area (Å²) >= 11 is 11.6. The first-order valence-electron chi connectivity index (χ1n) is 6.58. The Morgan fingerprint density at radius 2 is 1.88 bits per heavy atom. The molecule has 1 amide bonds. The molecule has 7 nitrogen and oxygen atoms in total. The Hall–Kier alpha value is -2.82. The Morgan fingerprint density at radius 1 is 1.17 bits per heavy atom. The fraction of sp³-hybridized carbons (Fsp3) is 0.0667. The highest BCUT2D eigenvalue weighted by atomic mass is 35.5. The fourth-order valence-corrected chi connectivity index (χ4v) is 2.24. The van der Waals surface area contributed by atoms with Crippen molar-refractivity contribution in [2.75, 3.05) is 17.2 Å². The molecule has 0 saturated heterocycles. The van der Waals surface area contributed by atoms with E-state index in [4.69, 9.17) is 28.5 Å². The molecule has 9 heteroatoms. The summed E-state index contributed by atoms with van der Waals surface area (Å²) in [5, 5.41) is 25.2. The van der Waals surface area contributed by atoms with E-state index in [0.29, 0.717) is 16.9 Å². The van der Waals surface area contributed by atoms with Crippen molar-refractivity contribution >= 4 is 46.2 Å². The lowest BCUT2D eigenvalue weighted by molar-refractivity contribution is -0.384. The quantitative estimate of drug-likeness (QED) is 0.619. The van der Waals surface area contributed by atoms with Crippen molar-refractivity contribution in [2.24, 2.45) is 0 Å². The molecule has 0 spiro atoms. The third-order valence-corrected chi connectivity index (χ3v) is 3.60. The van der Waals surface area contributed by atoms with E-state index in [1.54, 1.807) is 6.07 Å². The van der Waals surface area contributed by atoms with Crippen LogP contribution in [0.4, 0.5) is 17.1 Å². The van der Waals surface area contributed by atoms with Crippen molar-refractivity contribution in [1.29, 1.82) is 5.26 Å². The van der Waals surface area contributed by atoms with Crippen LogP contribution in [0.1, 0.15) is 5.56 Å². The largest absolute Gasteiger partial charge is 0.376 e. The maximum Gasteiger partial charge on any atom is 0.289 e. The molecule has 2 rings (SSSR count).